The average Bonchev–Trinajstić information content (AvgIpc) is 3.01. The molecule has 4 rings (SSSR count). The second-order valence-electron chi connectivity index (χ2n) is 6.20. The Labute approximate surface area is 116 Å². The maximum atomic E-state index is 6.37. The quantitative estimate of drug-likeness (QED) is 0.914. The van der Waals surface area contributed by atoms with Gasteiger partial charge in [-0.15, -0.1) is 10.2 Å². The maximum absolute atomic E-state index is 6.37. The van der Waals surface area contributed by atoms with Gasteiger partial charge in [-0.25, -0.2) is 0 Å². The van der Waals surface area contributed by atoms with Crippen molar-refractivity contribution in [3.8, 4) is 0 Å². The molecule has 2 heterocycles. The minimum atomic E-state index is 0.0183. The number of rotatable bonds is 2. The van der Waals surface area contributed by atoms with Crippen molar-refractivity contribution in [1.82, 2.24) is 19.8 Å². The summed E-state index contributed by atoms with van der Waals surface area (Å²) in [4.78, 5) is 0.927. The zero-order valence-electron chi connectivity index (χ0n) is 11.2. The molecular formula is C13H19N5S. The maximum Gasteiger partial charge on any atom is 0.234 e. The summed E-state index contributed by atoms with van der Waals surface area (Å²) >= 11 is 1.67. The predicted octanol–water partition coefficient (Wildman–Crippen LogP) is 2.22. The highest BCUT2D eigenvalue weighted by molar-refractivity contribution is 7.16. The Morgan fingerprint density at radius 2 is 2.11 bits per heavy atom. The Kier molecular flexibility index (Phi) is 2.48. The zero-order chi connectivity index (χ0) is 13.0. The lowest BCUT2D eigenvalue weighted by Gasteiger charge is -2.37. The standard InChI is InChI=1S/C13H19N5S/c1-13(7-3-2-4-9(13)14)11-17-18-10(8-5-6-8)15-16-12(18)19-11/h8-9H,2-7,14H2,1H3. The van der Waals surface area contributed by atoms with Crippen LogP contribution in [-0.4, -0.2) is 25.9 Å². The van der Waals surface area contributed by atoms with Crippen molar-refractivity contribution in [3.63, 3.8) is 0 Å². The van der Waals surface area contributed by atoms with Crippen LogP contribution in [-0.2, 0) is 5.41 Å². The topological polar surface area (TPSA) is 69.1 Å². The van der Waals surface area contributed by atoms with E-state index in [1.807, 2.05) is 4.52 Å². The SMILES string of the molecule is CC1(c2nn3c(C4CC4)nnc3s2)CCCCC1N. The molecule has 0 amide bonds. The second-order valence-corrected chi connectivity index (χ2v) is 7.16. The molecule has 2 atom stereocenters. The highest BCUT2D eigenvalue weighted by atomic mass is 32.1. The van der Waals surface area contributed by atoms with Crippen LogP contribution in [0, 0.1) is 0 Å². The fraction of sp³-hybridized carbons (Fsp3) is 0.769. The van der Waals surface area contributed by atoms with Crippen LogP contribution in [0.15, 0.2) is 0 Å². The van der Waals surface area contributed by atoms with Crippen LogP contribution in [0.3, 0.4) is 0 Å². The number of nitrogens with zero attached hydrogens (tertiary/aromatic N) is 4. The van der Waals surface area contributed by atoms with Crippen LogP contribution in [0.25, 0.3) is 4.96 Å². The van der Waals surface area contributed by atoms with E-state index >= 15 is 0 Å². The van der Waals surface area contributed by atoms with E-state index in [2.05, 4.69) is 17.1 Å². The van der Waals surface area contributed by atoms with Crippen LogP contribution < -0.4 is 5.73 Å². The number of fused-ring (bicyclic) bond motifs is 1. The van der Waals surface area contributed by atoms with Crippen molar-refractivity contribution in [2.24, 2.45) is 5.73 Å². The Morgan fingerprint density at radius 3 is 2.84 bits per heavy atom. The molecule has 2 aliphatic carbocycles. The minimum absolute atomic E-state index is 0.0183. The molecule has 6 heteroatoms. The van der Waals surface area contributed by atoms with E-state index in [9.17, 15) is 0 Å². The van der Waals surface area contributed by atoms with Gasteiger partial charge in [0.15, 0.2) is 5.82 Å². The Balaban J connectivity index is 1.78. The Hall–Kier alpha value is -1.01. The third kappa shape index (κ3) is 1.73. The summed E-state index contributed by atoms with van der Waals surface area (Å²) in [7, 11) is 0. The Bertz CT molecular complexity index is 614. The first-order valence-corrected chi connectivity index (χ1v) is 7.98. The highest BCUT2D eigenvalue weighted by Crippen LogP contribution is 2.42. The lowest BCUT2D eigenvalue weighted by atomic mass is 9.72. The molecule has 102 valence electrons. The molecule has 2 aromatic rings. The van der Waals surface area contributed by atoms with E-state index in [1.165, 1.54) is 25.7 Å². The molecule has 0 aliphatic heterocycles. The predicted molar refractivity (Wildman–Crippen MR) is 74.4 cm³/mol. The van der Waals surface area contributed by atoms with Gasteiger partial charge in [0.05, 0.1) is 0 Å². The fourth-order valence-electron chi connectivity index (χ4n) is 3.08. The number of hydrogen-bond acceptors (Lipinski definition) is 5. The summed E-state index contributed by atoms with van der Waals surface area (Å²) in [6.07, 6.45) is 7.19. The first kappa shape index (κ1) is 11.8. The van der Waals surface area contributed by atoms with Crippen molar-refractivity contribution in [2.75, 3.05) is 0 Å². The second kappa shape index (κ2) is 3.99. The van der Waals surface area contributed by atoms with E-state index in [1.54, 1.807) is 11.3 Å². The summed E-state index contributed by atoms with van der Waals surface area (Å²) in [5, 5.41) is 14.5. The molecule has 5 nitrogen and oxygen atoms in total. The van der Waals surface area contributed by atoms with Crippen molar-refractivity contribution in [3.05, 3.63) is 10.8 Å². The molecule has 0 saturated heterocycles. The van der Waals surface area contributed by atoms with E-state index in [-0.39, 0.29) is 11.5 Å². The summed E-state index contributed by atoms with van der Waals surface area (Å²) in [5.41, 5.74) is 6.39. The number of aromatic nitrogens is 4. The number of hydrogen-bond donors (Lipinski definition) is 1. The van der Waals surface area contributed by atoms with Crippen molar-refractivity contribution in [2.45, 2.75) is 62.8 Å². The van der Waals surface area contributed by atoms with Gasteiger partial charge in [-0.05, 0) is 25.7 Å². The number of nitrogens with two attached hydrogens (primary N) is 1. The molecule has 2 unspecified atom stereocenters. The first-order chi connectivity index (χ1) is 9.18. The lowest BCUT2D eigenvalue weighted by molar-refractivity contribution is 0.269. The van der Waals surface area contributed by atoms with Crippen molar-refractivity contribution >= 4 is 16.3 Å². The summed E-state index contributed by atoms with van der Waals surface area (Å²) < 4.78 is 1.96. The average molecular weight is 277 g/mol. The largest absolute Gasteiger partial charge is 0.327 e. The minimum Gasteiger partial charge on any atom is -0.327 e. The van der Waals surface area contributed by atoms with Gasteiger partial charge >= 0.3 is 0 Å². The highest BCUT2D eigenvalue weighted by Gasteiger charge is 2.40. The van der Waals surface area contributed by atoms with Crippen LogP contribution in [0.5, 0.6) is 0 Å². The van der Waals surface area contributed by atoms with Crippen LogP contribution in [0.4, 0.5) is 0 Å². The summed E-state index contributed by atoms with van der Waals surface area (Å²) in [6, 6.07) is 0.217. The van der Waals surface area contributed by atoms with E-state index in [4.69, 9.17) is 10.8 Å². The van der Waals surface area contributed by atoms with Gasteiger partial charge in [-0.2, -0.15) is 9.61 Å². The fourth-order valence-corrected chi connectivity index (χ4v) is 4.17. The van der Waals surface area contributed by atoms with Crippen molar-refractivity contribution < 1.29 is 0 Å². The molecule has 2 aliphatic rings. The van der Waals surface area contributed by atoms with Gasteiger partial charge in [0.25, 0.3) is 0 Å². The zero-order valence-corrected chi connectivity index (χ0v) is 12.0. The molecule has 0 bridgehead atoms. The Morgan fingerprint density at radius 1 is 1.26 bits per heavy atom. The molecule has 0 aromatic carbocycles. The van der Waals surface area contributed by atoms with Gasteiger partial charge in [0, 0.05) is 17.4 Å². The molecule has 2 fully saturated rings. The lowest BCUT2D eigenvalue weighted by Crippen LogP contribution is -2.45. The summed E-state index contributed by atoms with van der Waals surface area (Å²) in [5.74, 6) is 1.63. The molecule has 19 heavy (non-hydrogen) atoms. The van der Waals surface area contributed by atoms with Gasteiger partial charge in [-0.3, -0.25) is 0 Å². The molecule has 2 aromatic heterocycles. The van der Waals surface area contributed by atoms with E-state index in [0.29, 0.717) is 5.92 Å². The smallest absolute Gasteiger partial charge is 0.234 e. The molecule has 0 spiro atoms. The summed E-state index contributed by atoms with van der Waals surface area (Å²) in [6.45, 7) is 2.26. The molecule has 0 radical (unpaired) electrons. The van der Waals surface area contributed by atoms with E-state index < -0.39 is 0 Å². The van der Waals surface area contributed by atoms with Gasteiger partial charge < -0.3 is 5.73 Å². The third-order valence-electron chi connectivity index (χ3n) is 4.73. The van der Waals surface area contributed by atoms with Gasteiger partial charge in [0.2, 0.25) is 4.96 Å². The van der Waals surface area contributed by atoms with E-state index in [0.717, 1.165) is 28.6 Å². The normalized spacial score (nSPS) is 32.0. The monoisotopic (exact) mass is 277 g/mol. The molecular weight excluding hydrogens is 258 g/mol. The van der Waals surface area contributed by atoms with Crippen molar-refractivity contribution in [1.29, 1.82) is 0 Å². The van der Waals surface area contributed by atoms with Crippen LogP contribution in [0.1, 0.15) is 62.2 Å². The van der Waals surface area contributed by atoms with Crippen LogP contribution >= 0.6 is 11.3 Å². The van der Waals surface area contributed by atoms with Crippen LogP contribution in [0.2, 0.25) is 0 Å². The molecule has 2 N–H and O–H groups in total. The van der Waals surface area contributed by atoms with Gasteiger partial charge in [-0.1, -0.05) is 31.1 Å². The third-order valence-corrected chi connectivity index (χ3v) is 5.90. The first-order valence-electron chi connectivity index (χ1n) is 7.17. The molecule has 2 saturated carbocycles. The van der Waals surface area contributed by atoms with Gasteiger partial charge in [0.1, 0.15) is 5.01 Å².